The fraction of sp³-hybridized carbons (Fsp3) is 0.176. The SMILES string of the molecule is [C-]#[N+]C([N+]#[C-])=C1Cc2c(-c3ccc(C(F)(F)F)cc3)c3c(c(-c4ccc(C(F)(F)F)cc4)c2=C1C)CC(=C(C#N)C#N)C=3OC(F)(F)F. The van der Waals surface area contributed by atoms with E-state index in [2.05, 4.69) is 14.4 Å². The molecule has 0 bridgehead atoms. The van der Waals surface area contributed by atoms with Gasteiger partial charge in [-0.05, 0) is 81.8 Å². The van der Waals surface area contributed by atoms with Gasteiger partial charge in [-0.3, -0.25) is 0 Å². The van der Waals surface area contributed by atoms with Crippen molar-refractivity contribution in [2.45, 2.75) is 38.5 Å². The topological polar surface area (TPSA) is 65.5 Å². The van der Waals surface area contributed by atoms with Gasteiger partial charge < -0.3 is 4.74 Å². The average Bonchev–Trinajstić information content (AvgIpc) is 3.53. The number of ether oxygens (including phenoxy) is 1. The van der Waals surface area contributed by atoms with E-state index in [1.54, 1.807) is 0 Å². The monoisotopic (exact) mass is 666 g/mol. The molecule has 48 heavy (non-hydrogen) atoms. The van der Waals surface area contributed by atoms with E-state index in [9.17, 15) is 50.0 Å². The summed E-state index contributed by atoms with van der Waals surface area (Å²) < 4.78 is 127. The van der Waals surface area contributed by atoms with Gasteiger partial charge in [0.2, 0.25) is 0 Å². The molecule has 0 atom stereocenters. The molecule has 0 saturated heterocycles. The normalized spacial score (nSPS) is 14.0. The Balaban J connectivity index is 2.08. The van der Waals surface area contributed by atoms with E-state index < -0.39 is 59.0 Å². The smallest absolute Gasteiger partial charge is 0.405 e. The molecule has 5 nitrogen and oxygen atoms in total. The summed E-state index contributed by atoms with van der Waals surface area (Å²) in [5.74, 6) is -1.37. The third-order valence-corrected chi connectivity index (χ3v) is 7.97. The zero-order valence-corrected chi connectivity index (χ0v) is 24.1. The first-order valence-corrected chi connectivity index (χ1v) is 13.5. The van der Waals surface area contributed by atoms with E-state index >= 15 is 0 Å². The molecular weight excluding hydrogens is 651 g/mol. The van der Waals surface area contributed by atoms with Crippen LogP contribution in [0.4, 0.5) is 39.5 Å². The van der Waals surface area contributed by atoms with Crippen molar-refractivity contribution in [1.82, 2.24) is 0 Å². The highest BCUT2D eigenvalue weighted by molar-refractivity contribution is 5.91. The third-order valence-electron chi connectivity index (χ3n) is 7.97. The number of hydrogen-bond donors (Lipinski definition) is 0. The van der Waals surface area contributed by atoms with Gasteiger partial charge in [0.05, 0.1) is 16.7 Å². The summed E-state index contributed by atoms with van der Waals surface area (Å²) in [6.07, 6.45) is -15.7. The summed E-state index contributed by atoms with van der Waals surface area (Å²) >= 11 is 0. The molecule has 0 unspecified atom stereocenters. The number of nitriles is 2. The molecule has 0 aliphatic heterocycles. The summed E-state index contributed by atoms with van der Waals surface area (Å²) in [5.41, 5.74) is -2.73. The van der Waals surface area contributed by atoms with Gasteiger partial charge in [0, 0.05) is 17.2 Å². The van der Waals surface area contributed by atoms with E-state index in [1.807, 2.05) is 0 Å². The lowest BCUT2D eigenvalue weighted by Gasteiger charge is -2.18. The van der Waals surface area contributed by atoms with Gasteiger partial charge in [-0.25, -0.2) is 0 Å². The van der Waals surface area contributed by atoms with Gasteiger partial charge in [0.25, 0.3) is 0 Å². The van der Waals surface area contributed by atoms with Crippen molar-refractivity contribution in [2.75, 3.05) is 0 Å². The van der Waals surface area contributed by atoms with Crippen LogP contribution in [-0.4, -0.2) is 6.36 Å². The first-order chi connectivity index (χ1) is 22.4. The molecular formula is C34H15F9N4O. The molecule has 240 valence electrons. The predicted molar refractivity (Wildman–Crippen MR) is 152 cm³/mol. The maximum Gasteiger partial charge on any atom is 0.573 e. The van der Waals surface area contributed by atoms with Crippen LogP contribution in [0.1, 0.15) is 29.2 Å². The van der Waals surface area contributed by atoms with Gasteiger partial charge >= 0.3 is 24.5 Å². The molecule has 0 spiro atoms. The number of rotatable bonds is 3. The van der Waals surface area contributed by atoms with Crippen LogP contribution >= 0.6 is 0 Å². The Morgan fingerprint density at radius 2 is 1.10 bits per heavy atom. The molecule has 0 radical (unpaired) electrons. The lowest BCUT2D eigenvalue weighted by Crippen LogP contribution is -2.26. The second-order valence-electron chi connectivity index (χ2n) is 10.6. The molecule has 0 N–H and O–H groups in total. The lowest BCUT2D eigenvalue weighted by atomic mass is 9.86. The fourth-order valence-electron chi connectivity index (χ4n) is 6.03. The molecule has 3 aromatic carbocycles. The quantitative estimate of drug-likeness (QED) is 0.160. The minimum Gasteiger partial charge on any atom is -0.405 e. The lowest BCUT2D eigenvalue weighted by molar-refractivity contribution is -0.290. The van der Waals surface area contributed by atoms with Crippen LogP contribution in [0.2, 0.25) is 0 Å². The first kappa shape index (κ1) is 33.4. The van der Waals surface area contributed by atoms with Crippen molar-refractivity contribution < 1.29 is 44.3 Å². The Kier molecular flexibility index (Phi) is 8.11. The average molecular weight is 667 g/mol. The Labute approximate surface area is 265 Å². The summed E-state index contributed by atoms with van der Waals surface area (Å²) in [6.45, 7) is 16.5. The molecule has 14 heteroatoms. The third kappa shape index (κ3) is 5.74. The standard InChI is InChI=1S/C34H15F9N4O/c1-16-22(31(46-2)47-3)12-24-26(16)27(17-4-8-20(9-5-17)32(35,36)37)25-13-23(19(14-44)15-45)30(48-34(41,42)43)29(25)28(24)18-6-10-21(11-7-18)33(38,39)40/h4-11H,12-13H2,1H3. The summed E-state index contributed by atoms with van der Waals surface area (Å²) in [4.78, 5) is 6.50. The van der Waals surface area contributed by atoms with Crippen molar-refractivity contribution in [3.8, 4) is 34.4 Å². The maximum absolute atomic E-state index is 14.0. The number of alkyl halides is 9. The molecule has 2 aliphatic carbocycles. The van der Waals surface area contributed by atoms with Gasteiger partial charge in [-0.2, -0.15) is 46.6 Å². The van der Waals surface area contributed by atoms with Gasteiger partial charge in [-0.15, -0.1) is 13.2 Å². The highest BCUT2D eigenvalue weighted by Crippen LogP contribution is 2.42. The summed E-state index contributed by atoms with van der Waals surface area (Å²) in [5, 5.41) is 19.2. The zero-order chi connectivity index (χ0) is 35.3. The van der Waals surface area contributed by atoms with Crippen LogP contribution < -0.4 is 10.4 Å². The molecule has 0 heterocycles. The Hall–Kier alpha value is -5.99. The van der Waals surface area contributed by atoms with E-state index in [4.69, 9.17) is 13.1 Å². The van der Waals surface area contributed by atoms with Crippen molar-refractivity contribution in [3.63, 3.8) is 0 Å². The van der Waals surface area contributed by atoms with Crippen molar-refractivity contribution in [1.29, 1.82) is 10.5 Å². The minimum absolute atomic E-state index is 0.0200. The number of allylic oxidation sites excluding steroid dienone is 2. The Morgan fingerprint density at radius 3 is 1.50 bits per heavy atom. The predicted octanol–water partition coefficient (Wildman–Crippen LogP) is 8.38. The van der Waals surface area contributed by atoms with Crippen LogP contribution in [0.25, 0.3) is 43.3 Å². The van der Waals surface area contributed by atoms with Crippen LogP contribution in [-0.2, 0) is 29.9 Å². The van der Waals surface area contributed by atoms with E-state index in [1.165, 1.54) is 19.1 Å². The first-order valence-electron chi connectivity index (χ1n) is 13.5. The molecule has 5 rings (SSSR count). The van der Waals surface area contributed by atoms with Crippen molar-refractivity contribution >= 4 is 11.3 Å². The van der Waals surface area contributed by atoms with Gasteiger partial charge in [0.15, 0.2) is 0 Å². The molecule has 2 aliphatic rings. The van der Waals surface area contributed by atoms with Crippen LogP contribution in [0.15, 0.2) is 71.1 Å². The van der Waals surface area contributed by atoms with Gasteiger partial charge in [0.1, 0.15) is 36.6 Å². The Bertz CT molecular complexity index is 2210. The highest BCUT2D eigenvalue weighted by Gasteiger charge is 2.41. The summed E-state index contributed by atoms with van der Waals surface area (Å²) in [6, 6.07) is 10.2. The second-order valence-corrected chi connectivity index (χ2v) is 10.6. The maximum atomic E-state index is 14.0. The zero-order valence-electron chi connectivity index (χ0n) is 24.1. The number of fused-ring (bicyclic) bond motifs is 2. The molecule has 0 amide bonds. The van der Waals surface area contributed by atoms with Crippen LogP contribution in [0, 0.1) is 35.8 Å². The number of hydrogen-bond acceptors (Lipinski definition) is 3. The van der Waals surface area contributed by atoms with E-state index in [0.29, 0.717) is 12.1 Å². The van der Waals surface area contributed by atoms with Crippen molar-refractivity contribution in [2.24, 2.45) is 0 Å². The molecule has 0 saturated carbocycles. The summed E-state index contributed by atoms with van der Waals surface area (Å²) in [7, 11) is 0. The highest BCUT2D eigenvalue weighted by atomic mass is 19.4. The Morgan fingerprint density at radius 1 is 0.688 bits per heavy atom. The van der Waals surface area contributed by atoms with E-state index in [0.717, 1.165) is 36.4 Å². The number of nitrogens with zero attached hydrogens (tertiary/aromatic N) is 4. The van der Waals surface area contributed by atoms with Crippen LogP contribution in [0.5, 0.6) is 0 Å². The fourth-order valence-corrected chi connectivity index (χ4v) is 6.03. The van der Waals surface area contributed by atoms with Crippen LogP contribution in [0.3, 0.4) is 0 Å². The largest absolute Gasteiger partial charge is 0.573 e. The number of benzene rings is 3. The number of halogens is 9. The van der Waals surface area contributed by atoms with Crippen molar-refractivity contribution in [3.05, 3.63) is 127 Å². The van der Waals surface area contributed by atoms with E-state index in [-0.39, 0.29) is 61.4 Å². The molecule has 3 aromatic rings. The minimum atomic E-state index is -5.39. The molecule has 0 aromatic heterocycles. The molecule has 0 fully saturated rings. The second kappa shape index (κ2) is 11.7. The van der Waals surface area contributed by atoms with Gasteiger partial charge in [-0.1, -0.05) is 24.3 Å².